The number of hydrogen-bond donors (Lipinski definition) is 3. The number of fused-ring (bicyclic) bond motifs is 2. The number of amides is 6. The van der Waals surface area contributed by atoms with Crippen molar-refractivity contribution in [3.63, 3.8) is 0 Å². The quantitative estimate of drug-likeness (QED) is 0.266. The molecule has 1 saturated carbocycles. The van der Waals surface area contributed by atoms with Gasteiger partial charge in [-0.2, -0.15) is 0 Å². The molecule has 4 aliphatic rings. The molecular weight excluding hydrogens is 730 g/mol. The Hall–Kier alpha value is -4.89. The van der Waals surface area contributed by atoms with E-state index < -0.39 is 95.9 Å². The third kappa shape index (κ3) is 10.3. The zero-order valence-electron chi connectivity index (χ0n) is 32.6. The van der Waals surface area contributed by atoms with Crippen molar-refractivity contribution >= 4 is 41.4 Å². The first-order valence-electron chi connectivity index (χ1n) is 19.7. The number of hydrogen-bond acceptors (Lipinski definition) is 8. The van der Waals surface area contributed by atoms with E-state index in [2.05, 4.69) is 16.0 Å². The molecule has 3 N–H and O–H groups in total. The van der Waals surface area contributed by atoms with Crippen LogP contribution in [0.1, 0.15) is 90.5 Å². The number of ether oxygens (including phenoxy) is 1. The van der Waals surface area contributed by atoms with Crippen LogP contribution in [-0.4, -0.2) is 119 Å². The Morgan fingerprint density at radius 2 is 1.64 bits per heavy atom. The van der Waals surface area contributed by atoms with Gasteiger partial charge in [0.25, 0.3) is 0 Å². The molecule has 0 bridgehead atoms. The van der Waals surface area contributed by atoms with Gasteiger partial charge in [0, 0.05) is 39.0 Å². The summed E-state index contributed by atoms with van der Waals surface area (Å²) in [6.07, 6.45) is 7.96. The number of carbonyl (C=O) groups is 7. The Balaban J connectivity index is 1.45. The van der Waals surface area contributed by atoms with Crippen molar-refractivity contribution in [1.82, 2.24) is 30.7 Å². The Bertz CT molecular complexity index is 1690. The van der Waals surface area contributed by atoms with Crippen LogP contribution in [-0.2, 0) is 44.7 Å². The Morgan fingerprint density at radius 3 is 2.32 bits per heavy atom. The van der Waals surface area contributed by atoms with Crippen LogP contribution in [0.15, 0.2) is 29.8 Å². The molecule has 0 radical (unpaired) electrons. The zero-order chi connectivity index (χ0) is 40.7. The topological polar surface area (TPSA) is 175 Å². The summed E-state index contributed by atoms with van der Waals surface area (Å²) in [5.41, 5.74) is 1.21. The van der Waals surface area contributed by atoms with E-state index in [-0.39, 0.29) is 50.3 Å². The maximum absolute atomic E-state index is 14.4. The summed E-state index contributed by atoms with van der Waals surface area (Å²) in [4.78, 5) is 100. The van der Waals surface area contributed by atoms with E-state index in [9.17, 15) is 42.3 Å². The van der Waals surface area contributed by atoms with Gasteiger partial charge in [0.2, 0.25) is 35.4 Å². The minimum Gasteiger partial charge on any atom is -0.461 e. The van der Waals surface area contributed by atoms with E-state index >= 15 is 0 Å². The second kappa shape index (κ2) is 18.8. The lowest BCUT2D eigenvalue weighted by Gasteiger charge is -2.34. The smallest absolute Gasteiger partial charge is 0.328 e. The Morgan fingerprint density at radius 1 is 0.946 bits per heavy atom. The Labute approximate surface area is 326 Å². The summed E-state index contributed by atoms with van der Waals surface area (Å²) in [5.74, 6) is -6.43. The van der Waals surface area contributed by atoms with E-state index in [4.69, 9.17) is 4.74 Å². The first-order valence-corrected chi connectivity index (χ1v) is 19.7. The van der Waals surface area contributed by atoms with Crippen LogP contribution in [0.2, 0.25) is 0 Å². The van der Waals surface area contributed by atoms with E-state index in [0.717, 1.165) is 49.8 Å². The largest absolute Gasteiger partial charge is 0.461 e. The SMILES string of the molecule is CC[C@@H]1C[C@H]2C(=O)OC[C@H](NC(=O)[C@H](Cc3cc(F)cc(F)c3)NC(=O)CC=C3CCCCC3)C(=O)N3CCC[C@H]3C(=O)N(C)[C@@H](C)C(=O)N[C@@H](C)C(=O)N2C1. The number of esters is 1. The third-order valence-corrected chi connectivity index (χ3v) is 11.5. The van der Waals surface area contributed by atoms with Crippen molar-refractivity contribution < 1.29 is 47.1 Å². The van der Waals surface area contributed by atoms with Gasteiger partial charge in [-0.05, 0) is 82.4 Å². The van der Waals surface area contributed by atoms with Gasteiger partial charge in [-0.25, -0.2) is 13.6 Å². The minimum absolute atomic E-state index is 0.0356. The van der Waals surface area contributed by atoms with Crippen LogP contribution < -0.4 is 16.0 Å². The molecule has 6 amide bonds. The molecule has 56 heavy (non-hydrogen) atoms. The molecule has 3 saturated heterocycles. The highest BCUT2D eigenvalue weighted by molar-refractivity contribution is 5.97. The highest BCUT2D eigenvalue weighted by atomic mass is 19.1. The number of nitrogens with zero attached hydrogens (tertiary/aromatic N) is 3. The van der Waals surface area contributed by atoms with Gasteiger partial charge >= 0.3 is 5.97 Å². The number of nitrogens with one attached hydrogen (secondary N) is 3. The molecule has 3 aliphatic heterocycles. The fourth-order valence-electron chi connectivity index (χ4n) is 8.00. The first kappa shape index (κ1) is 42.3. The molecule has 5 rings (SSSR count). The fourth-order valence-corrected chi connectivity index (χ4v) is 8.00. The third-order valence-electron chi connectivity index (χ3n) is 11.5. The second-order valence-electron chi connectivity index (χ2n) is 15.5. The number of cyclic esters (lactones) is 1. The molecule has 306 valence electrons. The lowest BCUT2D eigenvalue weighted by Crippen LogP contribution is -2.60. The molecule has 7 atom stereocenters. The summed E-state index contributed by atoms with van der Waals surface area (Å²) in [6.45, 7) is 4.62. The lowest BCUT2D eigenvalue weighted by molar-refractivity contribution is -0.158. The average Bonchev–Trinajstić information content (AvgIpc) is 3.85. The number of halogens is 2. The minimum atomic E-state index is -1.56. The number of benzene rings is 1. The molecule has 3 heterocycles. The molecule has 16 heteroatoms. The monoisotopic (exact) mass is 784 g/mol. The maximum Gasteiger partial charge on any atom is 0.328 e. The van der Waals surface area contributed by atoms with Gasteiger partial charge in [-0.1, -0.05) is 31.4 Å². The summed E-state index contributed by atoms with van der Waals surface area (Å²) in [6, 6.07) is -4.30. The van der Waals surface area contributed by atoms with Gasteiger partial charge in [0.15, 0.2) is 0 Å². The van der Waals surface area contributed by atoms with Crippen molar-refractivity contribution in [3.05, 3.63) is 47.0 Å². The molecule has 0 aromatic heterocycles. The van der Waals surface area contributed by atoms with Gasteiger partial charge in [-0.15, -0.1) is 0 Å². The van der Waals surface area contributed by atoms with Gasteiger partial charge < -0.3 is 35.4 Å². The highest BCUT2D eigenvalue weighted by Crippen LogP contribution is 2.28. The predicted molar refractivity (Wildman–Crippen MR) is 199 cm³/mol. The van der Waals surface area contributed by atoms with E-state index in [1.54, 1.807) is 0 Å². The van der Waals surface area contributed by atoms with E-state index in [1.165, 1.54) is 35.6 Å². The van der Waals surface area contributed by atoms with Crippen LogP contribution in [0.4, 0.5) is 8.78 Å². The molecule has 0 unspecified atom stereocenters. The molecule has 14 nitrogen and oxygen atoms in total. The predicted octanol–water partition coefficient (Wildman–Crippen LogP) is 2.28. The van der Waals surface area contributed by atoms with Crippen LogP contribution in [0.25, 0.3) is 0 Å². The highest BCUT2D eigenvalue weighted by Gasteiger charge is 2.45. The normalized spacial score (nSPS) is 27.3. The molecule has 1 aliphatic carbocycles. The maximum atomic E-state index is 14.4. The molecule has 4 fully saturated rings. The number of rotatable bonds is 8. The zero-order valence-corrected chi connectivity index (χ0v) is 32.6. The molecular formula is C40H54F2N6O8. The molecule has 0 spiro atoms. The fraction of sp³-hybridized carbons (Fsp3) is 0.625. The summed E-state index contributed by atoms with van der Waals surface area (Å²) >= 11 is 0. The van der Waals surface area contributed by atoms with Crippen LogP contribution >= 0.6 is 0 Å². The van der Waals surface area contributed by atoms with Crippen molar-refractivity contribution in [2.75, 3.05) is 26.7 Å². The van der Waals surface area contributed by atoms with Crippen LogP contribution in [0.3, 0.4) is 0 Å². The Kier molecular flexibility index (Phi) is 14.2. The molecule has 1 aromatic rings. The van der Waals surface area contributed by atoms with Gasteiger partial charge in [-0.3, -0.25) is 28.8 Å². The second-order valence-corrected chi connectivity index (χ2v) is 15.5. The van der Waals surface area contributed by atoms with Crippen molar-refractivity contribution in [3.8, 4) is 0 Å². The van der Waals surface area contributed by atoms with Crippen LogP contribution in [0, 0.1) is 17.6 Å². The standard InChI is InChI=1S/C40H54F2N6O8/c1-5-25-19-33-40(55)56-22-31(38(53)47-15-9-12-32(47)39(54)46(4)24(3)35(50)43-23(2)37(52)48(33)21-25)45-36(51)30(18-27-16-28(41)20-29(42)17-27)44-34(49)14-13-26-10-7-6-8-11-26/h13,16-17,20,23-25,30-33H,5-12,14-15,18-19,21-22H2,1-4H3,(H,43,50)(H,44,49)(H,45,51)/t23-,24-,25+,30-,31-,32-,33-/m0/s1. The number of likely N-dealkylation sites (N-methyl/N-ethyl adjacent to an activating group) is 1. The van der Waals surface area contributed by atoms with E-state index in [0.29, 0.717) is 18.9 Å². The number of carbonyl (C=O) groups excluding carboxylic acids is 7. The van der Waals surface area contributed by atoms with Crippen molar-refractivity contribution in [2.45, 2.75) is 128 Å². The van der Waals surface area contributed by atoms with Crippen LogP contribution in [0.5, 0.6) is 0 Å². The van der Waals surface area contributed by atoms with Gasteiger partial charge in [0.1, 0.15) is 54.5 Å². The summed E-state index contributed by atoms with van der Waals surface area (Å²) in [7, 11) is 1.43. The lowest BCUT2D eigenvalue weighted by atomic mass is 9.94. The number of allylic oxidation sites excluding steroid dienone is 1. The van der Waals surface area contributed by atoms with E-state index in [1.807, 2.05) is 13.0 Å². The first-order chi connectivity index (χ1) is 26.7. The summed E-state index contributed by atoms with van der Waals surface area (Å²) in [5, 5.41) is 7.93. The molecule has 1 aromatic carbocycles. The van der Waals surface area contributed by atoms with Crippen molar-refractivity contribution in [2.24, 2.45) is 5.92 Å². The average molecular weight is 785 g/mol. The van der Waals surface area contributed by atoms with Gasteiger partial charge in [0.05, 0.1) is 0 Å². The van der Waals surface area contributed by atoms with Crippen molar-refractivity contribution in [1.29, 1.82) is 0 Å². The summed E-state index contributed by atoms with van der Waals surface area (Å²) < 4.78 is 34.2.